The van der Waals surface area contributed by atoms with Gasteiger partial charge in [0.25, 0.3) is 15.9 Å². The number of phenols is 2. The SMILES string of the molecule is CNC(=O)c1cc(C2(C#N)CCCCC2)cc(NS(=O)(=O)c2cc(Br)ccc2O)c1O. The molecule has 0 unspecified atom stereocenters. The first-order chi connectivity index (χ1) is 14.6. The fraction of sp³-hybridized carbons (Fsp3) is 0.333. The fourth-order valence-corrected chi connectivity index (χ4v) is 5.51. The molecule has 1 aliphatic carbocycles. The van der Waals surface area contributed by atoms with Gasteiger partial charge in [-0.05, 0) is 48.7 Å². The van der Waals surface area contributed by atoms with Crippen LogP contribution in [0.1, 0.15) is 48.0 Å². The first-order valence-corrected chi connectivity index (χ1v) is 11.9. The van der Waals surface area contributed by atoms with E-state index in [-0.39, 0.29) is 11.3 Å². The lowest BCUT2D eigenvalue weighted by Crippen LogP contribution is -2.28. The van der Waals surface area contributed by atoms with Gasteiger partial charge in [0.15, 0.2) is 5.75 Å². The van der Waals surface area contributed by atoms with E-state index in [9.17, 15) is 28.7 Å². The second kappa shape index (κ2) is 8.77. The summed E-state index contributed by atoms with van der Waals surface area (Å²) >= 11 is 3.17. The van der Waals surface area contributed by atoms with Gasteiger partial charge in [0, 0.05) is 11.5 Å². The zero-order chi connectivity index (χ0) is 22.8. The van der Waals surface area contributed by atoms with Gasteiger partial charge in [0.05, 0.1) is 22.7 Å². The van der Waals surface area contributed by atoms with E-state index in [0.29, 0.717) is 22.9 Å². The first kappa shape index (κ1) is 22.9. The number of nitrogens with one attached hydrogen (secondary N) is 2. The van der Waals surface area contributed by atoms with Gasteiger partial charge >= 0.3 is 0 Å². The summed E-state index contributed by atoms with van der Waals surface area (Å²) in [5.74, 6) is -1.65. The average Bonchev–Trinajstić information content (AvgIpc) is 2.76. The molecule has 31 heavy (non-hydrogen) atoms. The summed E-state index contributed by atoms with van der Waals surface area (Å²) in [5, 5.41) is 33.0. The number of phenolic OH excluding ortho intramolecular Hbond substituents is 2. The highest BCUT2D eigenvalue weighted by molar-refractivity contribution is 9.10. The molecule has 0 bridgehead atoms. The maximum Gasteiger partial charge on any atom is 0.265 e. The van der Waals surface area contributed by atoms with Crippen LogP contribution in [0.25, 0.3) is 0 Å². The molecule has 8 nitrogen and oxygen atoms in total. The van der Waals surface area contributed by atoms with Crippen LogP contribution in [0.2, 0.25) is 0 Å². The molecule has 0 saturated heterocycles. The minimum Gasteiger partial charge on any atom is -0.507 e. The number of carbonyl (C=O) groups excluding carboxylic acids is 1. The zero-order valence-electron chi connectivity index (χ0n) is 16.8. The number of aromatic hydroxyl groups is 2. The van der Waals surface area contributed by atoms with Crippen molar-refractivity contribution in [2.45, 2.75) is 42.4 Å². The predicted molar refractivity (Wildman–Crippen MR) is 118 cm³/mol. The number of hydrogen-bond acceptors (Lipinski definition) is 6. The largest absolute Gasteiger partial charge is 0.507 e. The molecule has 2 aromatic rings. The maximum atomic E-state index is 12.9. The quantitative estimate of drug-likeness (QED) is 0.454. The Morgan fingerprint density at radius 2 is 1.84 bits per heavy atom. The number of hydrogen-bond donors (Lipinski definition) is 4. The summed E-state index contributed by atoms with van der Waals surface area (Å²) in [6.07, 6.45) is 3.79. The second-order valence-corrected chi connectivity index (χ2v) is 10.0. The van der Waals surface area contributed by atoms with Crippen molar-refractivity contribution in [3.63, 3.8) is 0 Å². The van der Waals surface area contributed by atoms with Crippen molar-refractivity contribution in [3.8, 4) is 17.6 Å². The molecular formula is C21H22BrN3O5S. The maximum absolute atomic E-state index is 12.9. The number of nitrogens with zero attached hydrogens (tertiary/aromatic N) is 1. The van der Waals surface area contributed by atoms with Crippen molar-refractivity contribution < 1.29 is 23.4 Å². The standard InChI is InChI=1S/C21H22BrN3O5S/c1-24-20(28)15-9-13(21(12-23)7-3-2-4-8-21)10-16(19(15)27)25-31(29,30)18-11-14(22)5-6-17(18)26/h5-6,9-11,25-27H,2-4,7-8H2,1H3,(H,24,28). The number of anilines is 1. The van der Waals surface area contributed by atoms with Crippen LogP contribution in [0, 0.1) is 11.3 Å². The number of nitriles is 1. The lowest BCUT2D eigenvalue weighted by molar-refractivity contribution is 0.0960. The molecule has 0 aromatic heterocycles. The number of benzene rings is 2. The molecule has 3 rings (SSSR count). The highest BCUT2D eigenvalue weighted by Crippen LogP contribution is 2.43. The molecule has 1 amide bonds. The van der Waals surface area contributed by atoms with E-state index in [0.717, 1.165) is 19.3 Å². The van der Waals surface area contributed by atoms with Crippen LogP contribution in [0.3, 0.4) is 0 Å². The van der Waals surface area contributed by atoms with Crippen LogP contribution < -0.4 is 10.0 Å². The molecule has 0 radical (unpaired) electrons. The van der Waals surface area contributed by atoms with Gasteiger partial charge in [-0.15, -0.1) is 0 Å². The third-order valence-corrected chi connectivity index (χ3v) is 7.40. The third-order valence-electron chi connectivity index (χ3n) is 5.51. The number of rotatable bonds is 5. The molecule has 2 aromatic carbocycles. The van der Waals surface area contributed by atoms with Crippen LogP contribution >= 0.6 is 15.9 Å². The van der Waals surface area contributed by atoms with E-state index in [1.165, 1.54) is 37.4 Å². The lowest BCUT2D eigenvalue weighted by Gasteiger charge is -2.32. The molecule has 1 fully saturated rings. The van der Waals surface area contributed by atoms with Crippen molar-refractivity contribution >= 4 is 37.5 Å². The van der Waals surface area contributed by atoms with E-state index in [2.05, 4.69) is 32.0 Å². The highest BCUT2D eigenvalue weighted by atomic mass is 79.9. The Morgan fingerprint density at radius 1 is 1.16 bits per heavy atom. The summed E-state index contributed by atoms with van der Waals surface area (Å²) in [4.78, 5) is 12.0. The van der Waals surface area contributed by atoms with E-state index in [1.54, 1.807) is 0 Å². The number of sulfonamides is 1. The molecule has 4 N–H and O–H groups in total. The Labute approximate surface area is 189 Å². The smallest absolute Gasteiger partial charge is 0.265 e. The van der Waals surface area contributed by atoms with E-state index < -0.39 is 37.7 Å². The van der Waals surface area contributed by atoms with Crippen molar-refractivity contribution in [2.24, 2.45) is 0 Å². The summed E-state index contributed by atoms with van der Waals surface area (Å²) < 4.78 is 28.6. The molecule has 0 aliphatic heterocycles. The average molecular weight is 508 g/mol. The van der Waals surface area contributed by atoms with Crippen LogP contribution in [-0.4, -0.2) is 31.6 Å². The Hall–Kier alpha value is -2.77. The minimum absolute atomic E-state index is 0.142. The van der Waals surface area contributed by atoms with Gasteiger partial charge in [-0.1, -0.05) is 35.2 Å². The van der Waals surface area contributed by atoms with Gasteiger partial charge in [-0.3, -0.25) is 9.52 Å². The molecule has 164 valence electrons. The topological polar surface area (TPSA) is 140 Å². The van der Waals surface area contributed by atoms with E-state index in [1.807, 2.05) is 0 Å². The van der Waals surface area contributed by atoms with Crippen molar-refractivity contribution in [1.29, 1.82) is 5.26 Å². The van der Waals surface area contributed by atoms with Gasteiger partial charge in [0.2, 0.25) is 0 Å². The number of amides is 1. The normalized spacial score (nSPS) is 15.6. The molecular weight excluding hydrogens is 486 g/mol. The molecule has 1 saturated carbocycles. The summed E-state index contributed by atoms with van der Waals surface area (Å²) in [6.45, 7) is 0. The molecule has 10 heteroatoms. The lowest BCUT2D eigenvalue weighted by atomic mass is 9.70. The molecule has 1 aliphatic rings. The van der Waals surface area contributed by atoms with Crippen LogP contribution in [0.15, 0.2) is 39.7 Å². The van der Waals surface area contributed by atoms with E-state index >= 15 is 0 Å². The Balaban J connectivity index is 2.16. The Morgan fingerprint density at radius 3 is 2.45 bits per heavy atom. The summed E-state index contributed by atoms with van der Waals surface area (Å²) in [7, 11) is -2.93. The van der Waals surface area contributed by atoms with Crippen molar-refractivity contribution in [1.82, 2.24) is 5.32 Å². The fourth-order valence-electron chi connectivity index (χ4n) is 3.82. The first-order valence-electron chi connectivity index (χ1n) is 9.66. The van der Waals surface area contributed by atoms with Crippen molar-refractivity contribution in [3.05, 3.63) is 45.9 Å². The third kappa shape index (κ3) is 4.48. The van der Waals surface area contributed by atoms with Crippen molar-refractivity contribution in [2.75, 3.05) is 11.8 Å². The molecule has 0 atom stereocenters. The van der Waals surface area contributed by atoms with E-state index in [4.69, 9.17) is 0 Å². The van der Waals surface area contributed by atoms with Crippen LogP contribution in [0.5, 0.6) is 11.5 Å². The number of carbonyl (C=O) groups is 1. The van der Waals surface area contributed by atoms with Gasteiger partial charge < -0.3 is 15.5 Å². The van der Waals surface area contributed by atoms with Gasteiger partial charge in [-0.2, -0.15) is 5.26 Å². The monoisotopic (exact) mass is 507 g/mol. The molecule has 0 spiro atoms. The molecule has 0 heterocycles. The van der Waals surface area contributed by atoms with Gasteiger partial charge in [0.1, 0.15) is 10.6 Å². The second-order valence-electron chi connectivity index (χ2n) is 7.47. The Bertz CT molecular complexity index is 1170. The Kier molecular flexibility index (Phi) is 6.48. The minimum atomic E-state index is -4.32. The predicted octanol–water partition coefficient (Wildman–Crippen LogP) is 3.75. The summed E-state index contributed by atoms with van der Waals surface area (Å²) in [5.41, 5.74) is -0.804. The number of halogens is 1. The highest BCUT2D eigenvalue weighted by Gasteiger charge is 2.36. The van der Waals surface area contributed by atoms with Crippen LogP contribution in [-0.2, 0) is 15.4 Å². The summed E-state index contributed by atoms with van der Waals surface area (Å²) in [6, 6.07) is 9.09. The van der Waals surface area contributed by atoms with Crippen LogP contribution in [0.4, 0.5) is 5.69 Å². The van der Waals surface area contributed by atoms with Gasteiger partial charge in [-0.25, -0.2) is 8.42 Å². The zero-order valence-corrected chi connectivity index (χ0v) is 19.2.